The molecular weight excluding hydrogens is 480 g/mol. The molecule has 2 unspecified atom stereocenters. The van der Waals surface area contributed by atoms with Gasteiger partial charge in [0.2, 0.25) is 6.10 Å². The average Bonchev–Trinajstić information content (AvgIpc) is 2.68. The Hall–Kier alpha value is -2.09. The highest BCUT2D eigenvalue weighted by Gasteiger charge is 2.75. The normalized spacial score (nSPS) is 16.3. The first-order valence-electron chi connectivity index (χ1n) is 8.71. The van der Waals surface area contributed by atoms with Gasteiger partial charge in [-0.2, -0.15) is 35.1 Å². The van der Waals surface area contributed by atoms with Crippen LogP contribution in [0.3, 0.4) is 0 Å². The van der Waals surface area contributed by atoms with Crippen LogP contribution in [0.15, 0.2) is 36.5 Å². The largest absolute Gasteiger partial charge is 0.434 e. The Bertz CT molecular complexity index is 840. The summed E-state index contributed by atoms with van der Waals surface area (Å²) in [6.45, 7) is 4.13. The van der Waals surface area contributed by atoms with Crippen LogP contribution in [0, 0.1) is 0 Å². The summed E-state index contributed by atoms with van der Waals surface area (Å²) in [5.74, 6) is -2.88. The Morgan fingerprint density at radius 1 is 1.12 bits per heavy atom. The first-order valence-corrected chi connectivity index (χ1v) is 11.8. The van der Waals surface area contributed by atoms with Gasteiger partial charge >= 0.3 is 24.1 Å². The molecule has 0 aliphatic carbocycles. The Morgan fingerprint density at radius 3 is 2.06 bits per heavy atom. The highest BCUT2D eigenvalue weighted by molar-refractivity contribution is 6.93. The number of carbonyl (C=O) groups excluding carboxylic acids is 1. The summed E-state index contributed by atoms with van der Waals surface area (Å²) in [5.41, 5.74) is -4.89. The minimum Gasteiger partial charge on any atom is -0.312 e. The molecule has 0 saturated carbocycles. The lowest BCUT2D eigenvalue weighted by atomic mass is 9.94. The molecule has 14 heteroatoms. The fourth-order valence-electron chi connectivity index (χ4n) is 2.55. The molecule has 1 amide bonds. The van der Waals surface area contributed by atoms with E-state index in [1.54, 1.807) is 18.8 Å². The molecule has 182 valence electrons. The zero-order chi connectivity index (χ0) is 25.3. The zero-order valence-electron chi connectivity index (χ0n) is 16.9. The number of benzene rings is 1. The quantitative estimate of drug-likeness (QED) is 0.369. The molecule has 0 bridgehead atoms. The maximum Gasteiger partial charge on any atom is 0.434 e. The maximum atomic E-state index is 15.0. The van der Waals surface area contributed by atoms with Crippen LogP contribution in [0.2, 0.25) is 13.1 Å². The van der Waals surface area contributed by atoms with Gasteiger partial charge in [-0.05, 0) is 12.1 Å². The zero-order valence-corrected chi connectivity index (χ0v) is 17.9. The van der Waals surface area contributed by atoms with E-state index in [4.69, 9.17) is 0 Å². The highest BCUT2D eigenvalue weighted by atomic mass is 28.3. The molecule has 3 nitrogen and oxygen atoms in total. The summed E-state index contributed by atoms with van der Waals surface area (Å²) in [6, 6.07) is 4.92. The molecule has 0 radical (unpaired) electrons. The summed E-state index contributed by atoms with van der Waals surface area (Å²) in [5, 5.41) is 0.480. The van der Waals surface area contributed by atoms with E-state index in [0.717, 1.165) is 12.1 Å². The van der Waals surface area contributed by atoms with Crippen molar-refractivity contribution < 1.29 is 53.4 Å². The average molecular weight is 499 g/mol. The fourth-order valence-corrected chi connectivity index (χ4v) is 3.84. The van der Waals surface area contributed by atoms with Gasteiger partial charge in [-0.25, -0.2) is 8.78 Å². The number of hydrogen-bond donors (Lipinski definition) is 0. The molecular formula is C18H19F10NO2Si. The van der Waals surface area contributed by atoms with Crippen LogP contribution in [0.25, 0.3) is 0 Å². The van der Waals surface area contributed by atoms with E-state index in [9.17, 15) is 44.3 Å². The van der Waals surface area contributed by atoms with Gasteiger partial charge < -0.3 is 9.64 Å². The molecule has 0 N–H and O–H groups in total. The van der Waals surface area contributed by atoms with E-state index in [1.165, 1.54) is 12.1 Å². The standard InChI is InChI=1S/C18H19F10NO2Si/c1-5-32(3,4)12-8-6-7-11(9-12)29(2)14(30)16(22,18(26,27)28)13(17(23,24)25)31-15(20,21)10-19/h5-9,13H,1,10H2,2-4H3. The number of alkyl halides is 10. The topological polar surface area (TPSA) is 29.5 Å². The van der Waals surface area contributed by atoms with Crippen LogP contribution in [-0.2, 0) is 9.53 Å². The first-order chi connectivity index (χ1) is 14.2. The predicted octanol–water partition coefficient (Wildman–Crippen LogP) is 5.07. The molecule has 0 aliphatic rings. The summed E-state index contributed by atoms with van der Waals surface area (Å²) in [4.78, 5) is 12.3. The summed E-state index contributed by atoms with van der Waals surface area (Å²) < 4.78 is 136. The van der Waals surface area contributed by atoms with Crippen molar-refractivity contribution in [2.75, 3.05) is 18.6 Å². The molecule has 1 aromatic rings. The number of anilines is 1. The van der Waals surface area contributed by atoms with Crippen molar-refractivity contribution >= 4 is 24.9 Å². The Morgan fingerprint density at radius 2 is 1.66 bits per heavy atom. The van der Waals surface area contributed by atoms with Crippen molar-refractivity contribution in [1.29, 1.82) is 0 Å². The van der Waals surface area contributed by atoms with Crippen molar-refractivity contribution in [2.45, 2.75) is 43.3 Å². The summed E-state index contributed by atoms with van der Waals surface area (Å²) in [7, 11) is -1.84. The van der Waals surface area contributed by atoms with Crippen LogP contribution in [0.4, 0.5) is 49.6 Å². The summed E-state index contributed by atoms with van der Waals surface area (Å²) in [6.07, 6.45) is -23.6. The number of halogens is 10. The van der Waals surface area contributed by atoms with Crippen molar-refractivity contribution in [3.8, 4) is 0 Å². The third-order valence-electron chi connectivity index (χ3n) is 4.62. The van der Waals surface area contributed by atoms with Gasteiger partial charge in [-0.3, -0.25) is 4.79 Å². The molecule has 0 aliphatic heterocycles. The van der Waals surface area contributed by atoms with Gasteiger partial charge in [-0.15, -0.1) is 6.58 Å². The molecule has 32 heavy (non-hydrogen) atoms. The van der Waals surface area contributed by atoms with Gasteiger partial charge in [0, 0.05) is 12.7 Å². The monoisotopic (exact) mass is 499 g/mol. The van der Waals surface area contributed by atoms with E-state index in [-0.39, 0.29) is 4.90 Å². The van der Waals surface area contributed by atoms with Crippen LogP contribution < -0.4 is 10.1 Å². The molecule has 0 spiro atoms. The fraction of sp³-hybridized carbons (Fsp3) is 0.500. The molecule has 0 saturated heterocycles. The predicted molar refractivity (Wildman–Crippen MR) is 98.9 cm³/mol. The van der Waals surface area contributed by atoms with Gasteiger partial charge in [0.15, 0.2) is 6.67 Å². The van der Waals surface area contributed by atoms with Crippen LogP contribution >= 0.6 is 0 Å². The van der Waals surface area contributed by atoms with Crippen molar-refractivity contribution in [3.63, 3.8) is 0 Å². The number of ether oxygens (including phenoxy) is 1. The lowest BCUT2D eigenvalue weighted by molar-refractivity contribution is -0.375. The Labute approximate surface area is 177 Å². The number of hydrogen-bond acceptors (Lipinski definition) is 2. The molecule has 0 fully saturated rings. The van der Waals surface area contributed by atoms with E-state index in [0.29, 0.717) is 12.2 Å². The van der Waals surface area contributed by atoms with Crippen molar-refractivity contribution in [3.05, 3.63) is 36.5 Å². The Balaban J connectivity index is 3.63. The molecule has 1 aromatic carbocycles. The number of rotatable bonds is 8. The van der Waals surface area contributed by atoms with Crippen molar-refractivity contribution in [2.24, 2.45) is 0 Å². The third kappa shape index (κ3) is 5.63. The smallest absolute Gasteiger partial charge is 0.312 e. The first kappa shape index (κ1) is 27.9. The molecule has 2 atom stereocenters. The van der Waals surface area contributed by atoms with Crippen molar-refractivity contribution in [1.82, 2.24) is 0 Å². The van der Waals surface area contributed by atoms with Gasteiger partial charge in [0.25, 0.3) is 5.91 Å². The lowest BCUT2D eigenvalue weighted by Gasteiger charge is -2.38. The second-order valence-corrected chi connectivity index (χ2v) is 11.8. The van der Waals surface area contributed by atoms with E-state index in [1.807, 2.05) is 0 Å². The molecule has 0 aromatic heterocycles. The number of nitrogens with zero attached hydrogens (tertiary/aromatic N) is 1. The van der Waals surface area contributed by atoms with Gasteiger partial charge in [-0.1, -0.05) is 36.1 Å². The van der Waals surface area contributed by atoms with Crippen LogP contribution in [0.5, 0.6) is 0 Å². The molecule has 1 rings (SSSR count). The second kappa shape index (κ2) is 9.04. The minimum atomic E-state index is -6.66. The SMILES string of the molecule is C=C[Si](C)(C)c1cccc(N(C)C(=O)C(F)(C(OC(F)(F)CF)C(F)(F)F)C(F)(F)F)c1. The van der Waals surface area contributed by atoms with Crippen LogP contribution in [0.1, 0.15) is 0 Å². The third-order valence-corrected chi connectivity index (χ3v) is 7.44. The number of carbonyl (C=O) groups is 1. The van der Waals surface area contributed by atoms with E-state index in [2.05, 4.69) is 11.3 Å². The highest BCUT2D eigenvalue weighted by Crippen LogP contribution is 2.47. The number of amides is 1. The van der Waals surface area contributed by atoms with Gasteiger partial charge in [0.05, 0.1) is 0 Å². The lowest BCUT2D eigenvalue weighted by Crippen LogP contribution is -2.67. The van der Waals surface area contributed by atoms with Gasteiger partial charge in [0.1, 0.15) is 8.07 Å². The van der Waals surface area contributed by atoms with E-state index < -0.39 is 56.6 Å². The minimum absolute atomic E-state index is 0.0970. The van der Waals surface area contributed by atoms with E-state index >= 15 is 4.39 Å². The Kier molecular flexibility index (Phi) is 7.89. The van der Waals surface area contributed by atoms with Crippen LogP contribution in [-0.4, -0.2) is 57.9 Å². The second-order valence-electron chi connectivity index (χ2n) is 7.36. The molecule has 0 heterocycles. The maximum absolute atomic E-state index is 15.0. The summed E-state index contributed by atoms with van der Waals surface area (Å²) >= 11 is 0.